The lowest BCUT2D eigenvalue weighted by atomic mass is 9.68. The molecule has 2 nitrogen and oxygen atoms in total. The van der Waals surface area contributed by atoms with Gasteiger partial charge in [0.05, 0.1) is 5.41 Å². The van der Waals surface area contributed by atoms with Crippen molar-refractivity contribution in [1.82, 2.24) is 0 Å². The Bertz CT molecular complexity index is 3350. The number of nitrogens with zero attached hydrogens (tertiary/aromatic N) is 2. The molecule has 0 saturated carbocycles. The summed E-state index contributed by atoms with van der Waals surface area (Å²) in [5.41, 5.74) is 16.4. The summed E-state index contributed by atoms with van der Waals surface area (Å²) in [6.45, 7) is 0. The number of fused-ring (bicyclic) bond motifs is 17. The fourth-order valence-electron chi connectivity index (χ4n) is 11.1. The van der Waals surface area contributed by atoms with E-state index in [1.54, 1.807) is 0 Å². The molecule has 13 rings (SSSR count). The van der Waals surface area contributed by atoms with Gasteiger partial charge in [-0.15, -0.1) is 0 Å². The highest BCUT2D eigenvalue weighted by Crippen LogP contribution is 2.67. The summed E-state index contributed by atoms with van der Waals surface area (Å²) in [6, 6.07) is 89.6. The van der Waals surface area contributed by atoms with Gasteiger partial charge in [-0.2, -0.15) is 0 Å². The predicted octanol–water partition coefficient (Wildman–Crippen LogP) is 16.4. The van der Waals surface area contributed by atoms with Crippen LogP contribution in [-0.2, 0) is 5.41 Å². The van der Waals surface area contributed by atoms with Crippen LogP contribution in [0, 0.1) is 0 Å². The van der Waals surface area contributed by atoms with Gasteiger partial charge in [0.2, 0.25) is 0 Å². The monoisotopic (exact) mass is 800 g/mol. The van der Waals surface area contributed by atoms with Gasteiger partial charge in [-0.25, -0.2) is 0 Å². The van der Waals surface area contributed by atoms with Crippen molar-refractivity contribution >= 4 is 66.4 Å². The number of para-hydroxylation sites is 4. The van der Waals surface area contributed by atoms with Gasteiger partial charge in [-0.05, 0) is 150 Å². The Balaban J connectivity index is 1.20. The van der Waals surface area contributed by atoms with Crippen molar-refractivity contribution in [3.63, 3.8) is 0 Å². The molecule has 0 N–H and O–H groups in total. The highest BCUT2D eigenvalue weighted by Gasteiger charge is 2.53. The molecule has 11 aromatic carbocycles. The van der Waals surface area contributed by atoms with Crippen LogP contribution in [0.5, 0.6) is 0 Å². The quantitative estimate of drug-likeness (QED) is 0.155. The number of rotatable bonds is 6. The minimum absolute atomic E-state index is 0.674. The third kappa shape index (κ3) is 5.13. The summed E-state index contributed by atoms with van der Waals surface area (Å²) >= 11 is 0. The minimum Gasteiger partial charge on any atom is -0.310 e. The van der Waals surface area contributed by atoms with Crippen LogP contribution >= 0.6 is 0 Å². The van der Waals surface area contributed by atoms with Crippen LogP contribution in [0.2, 0.25) is 0 Å². The number of anilines is 6. The van der Waals surface area contributed by atoms with Gasteiger partial charge < -0.3 is 9.80 Å². The predicted molar refractivity (Wildman–Crippen MR) is 265 cm³/mol. The molecule has 63 heavy (non-hydrogen) atoms. The van der Waals surface area contributed by atoms with Crippen LogP contribution in [0.4, 0.5) is 34.1 Å². The normalized spacial score (nSPS) is 12.9. The van der Waals surface area contributed by atoms with Gasteiger partial charge in [0.25, 0.3) is 0 Å². The average Bonchev–Trinajstić information content (AvgIpc) is 3.82. The number of benzene rings is 11. The van der Waals surface area contributed by atoms with Crippen molar-refractivity contribution in [1.29, 1.82) is 0 Å². The van der Waals surface area contributed by atoms with E-state index in [-0.39, 0.29) is 0 Å². The molecule has 0 aromatic heterocycles. The molecule has 1 spiro atoms. The van der Waals surface area contributed by atoms with Crippen LogP contribution in [-0.4, -0.2) is 0 Å². The van der Waals surface area contributed by atoms with Gasteiger partial charge in [-0.1, -0.05) is 170 Å². The smallest absolute Gasteiger partial charge is 0.0733 e. The van der Waals surface area contributed by atoms with Crippen LogP contribution in [0.1, 0.15) is 22.3 Å². The third-order valence-electron chi connectivity index (χ3n) is 13.6. The Morgan fingerprint density at radius 1 is 0.270 bits per heavy atom. The van der Waals surface area contributed by atoms with E-state index in [9.17, 15) is 0 Å². The molecule has 11 aromatic rings. The Hall–Kier alpha value is -8.20. The minimum atomic E-state index is -0.674. The molecule has 0 bridgehead atoms. The Morgan fingerprint density at radius 3 is 1.25 bits per heavy atom. The van der Waals surface area contributed by atoms with Crippen LogP contribution < -0.4 is 9.80 Å². The highest BCUT2D eigenvalue weighted by molar-refractivity contribution is 6.26. The summed E-state index contributed by atoms with van der Waals surface area (Å²) in [5, 5.41) is 7.68. The van der Waals surface area contributed by atoms with Gasteiger partial charge >= 0.3 is 0 Å². The zero-order valence-electron chi connectivity index (χ0n) is 34.5. The van der Waals surface area contributed by atoms with Gasteiger partial charge in [0, 0.05) is 34.1 Å². The molecule has 2 aliphatic rings. The first-order valence-electron chi connectivity index (χ1n) is 21.9. The second kappa shape index (κ2) is 13.9. The van der Waals surface area contributed by atoms with Crippen molar-refractivity contribution < 1.29 is 0 Å². The maximum Gasteiger partial charge on any atom is 0.0733 e. The van der Waals surface area contributed by atoms with Gasteiger partial charge in [0.15, 0.2) is 0 Å². The van der Waals surface area contributed by atoms with E-state index < -0.39 is 5.41 Å². The maximum absolute atomic E-state index is 2.51. The SMILES string of the molecule is c1ccc(N(c2ccccc2)c2ccc3c(c2)C2(c4cc(N(c5ccccc5)c5ccccc5)ccc4-3)c3ccccc3-c3c2c2c4ccccc4ccc2c2ccccc32)cc1. The first kappa shape index (κ1) is 35.5. The van der Waals surface area contributed by atoms with Crippen LogP contribution in [0.15, 0.2) is 243 Å². The van der Waals surface area contributed by atoms with E-state index in [4.69, 9.17) is 0 Å². The van der Waals surface area contributed by atoms with E-state index in [0.29, 0.717) is 0 Å². The summed E-state index contributed by atoms with van der Waals surface area (Å²) in [6.07, 6.45) is 0. The lowest BCUT2D eigenvalue weighted by molar-refractivity contribution is 0.802. The molecule has 0 atom stereocenters. The van der Waals surface area contributed by atoms with Crippen LogP contribution in [0.3, 0.4) is 0 Å². The fourth-order valence-corrected chi connectivity index (χ4v) is 11.1. The first-order chi connectivity index (χ1) is 31.3. The summed E-state index contributed by atoms with van der Waals surface area (Å²) < 4.78 is 0. The van der Waals surface area contributed by atoms with E-state index in [1.165, 1.54) is 76.8 Å². The second-order valence-corrected chi connectivity index (χ2v) is 16.8. The lowest BCUT2D eigenvalue weighted by Crippen LogP contribution is -2.27. The maximum atomic E-state index is 2.51. The fraction of sp³-hybridized carbons (Fsp3) is 0.0164. The lowest BCUT2D eigenvalue weighted by Gasteiger charge is -2.34. The molecule has 0 amide bonds. The van der Waals surface area contributed by atoms with E-state index in [2.05, 4.69) is 252 Å². The molecule has 2 aliphatic carbocycles. The molecule has 0 saturated heterocycles. The second-order valence-electron chi connectivity index (χ2n) is 16.8. The molecule has 0 heterocycles. The van der Waals surface area contributed by atoms with Crippen molar-refractivity contribution in [3.05, 3.63) is 265 Å². The molecule has 294 valence electrons. The van der Waals surface area contributed by atoms with Crippen molar-refractivity contribution in [2.75, 3.05) is 9.80 Å². The standard InChI is InChI=1S/C61H40N2/c1-5-20-42(21-6-1)62(43-22-7-2-8-23-43)46-34-37-50-51-38-35-47(63(44-24-9-3-10-25-44)45-26-11-4-12-27-45)40-57(51)61(56(50)39-46)55-32-18-17-31-54(55)59-52-30-16-15-29-49(52)53-36-33-41-19-13-14-28-48(41)58(53)60(59)61/h1-40H. The Morgan fingerprint density at radius 2 is 0.714 bits per heavy atom. The molecular weight excluding hydrogens is 761 g/mol. The molecule has 0 unspecified atom stereocenters. The number of hydrogen-bond donors (Lipinski definition) is 0. The van der Waals surface area contributed by atoms with Crippen molar-refractivity contribution in [2.45, 2.75) is 5.41 Å². The first-order valence-corrected chi connectivity index (χ1v) is 21.9. The molecule has 0 aliphatic heterocycles. The van der Waals surface area contributed by atoms with Gasteiger partial charge in [-0.3, -0.25) is 0 Å². The molecule has 0 radical (unpaired) electrons. The average molecular weight is 801 g/mol. The summed E-state index contributed by atoms with van der Waals surface area (Å²) in [5.74, 6) is 0. The Labute approximate surface area is 367 Å². The molecule has 2 heteroatoms. The highest BCUT2D eigenvalue weighted by atomic mass is 15.1. The summed E-state index contributed by atoms with van der Waals surface area (Å²) in [7, 11) is 0. The number of hydrogen-bond acceptors (Lipinski definition) is 2. The van der Waals surface area contributed by atoms with E-state index in [1.807, 2.05) is 0 Å². The van der Waals surface area contributed by atoms with E-state index in [0.717, 1.165) is 34.1 Å². The molecule has 0 fully saturated rings. The zero-order valence-corrected chi connectivity index (χ0v) is 34.5. The van der Waals surface area contributed by atoms with Crippen molar-refractivity contribution in [2.24, 2.45) is 0 Å². The Kier molecular flexibility index (Phi) is 7.85. The van der Waals surface area contributed by atoms with E-state index >= 15 is 0 Å². The van der Waals surface area contributed by atoms with Gasteiger partial charge in [0.1, 0.15) is 0 Å². The topological polar surface area (TPSA) is 6.48 Å². The zero-order chi connectivity index (χ0) is 41.5. The van der Waals surface area contributed by atoms with Crippen LogP contribution in [0.25, 0.3) is 54.6 Å². The largest absolute Gasteiger partial charge is 0.310 e. The molecular formula is C61H40N2. The third-order valence-corrected chi connectivity index (χ3v) is 13.6. The van der Waals surface area contributed by atoms with Crippen molar-refractivity contribution in [3.8, 4) is 22.3 Å². The summed E-state index contributed by atoms with van der Waals surface area (Å²) in [4.78, 5) is 4.81.